The quantitative estimate of drug-likeness (QED) is 0.364. The van der Waals surface area contributed by atoms with Crippen LogP contribution in [0, 0.1) is 0 Å². The molecule has 0 heterocycles. The molecule has 7 heteroatoms. The van der Waals surface area contributed by atoms with E-state index in [2.05, 4.69) is 15.8 Å². The first-order chi connectivity index (χ1) is 14.1. The van der Waals surface area contributed by atoms with Gasteiger partial charge in [0.05, 0.1) is 13.3 Å². The number of ether oxygens (including phenoxy) is 2. The molecule has 1 fully saturated rings. The van der Waals surface area contributed by atoms with Gasteiger partial charge < -0.3 is 14.8 Å². The number of thiocarbonyl (C=S) groups is 1. The lowest BCUT2D eigenvalue weighted by molar-refractivity contribution is 0.284. The molecule has 3 rings (SSSR count). The number of methoxy groups -OCH3 is 1. The molecule has 0 radical (unpaired) electrons. The highest BCUT2D eigenvalue weighted by Gasteiger charge is 2.13. The van der Waals surface area contributed by atoms with Crippen molar-refractivity contribution in [2.24, 2.45) is 5.10 Å². The van der Waals surface area contributed by atoms with Crippen molar-refractivity contribution in [3.05, 3.63) is 58.6 Å². The SMILES string of the molecule is COc1cc(/C=N/NC(=S)NC2CCCCC2)ccc1OCc1cccc(Cl)c1. The summed E-state index contributed by atoms with van der Waals surface area (Å²) in [6.45, 7) is 0.410. The number of rotatable bonds is 7. The third kappa shape index (κ3) is 6.91. The van der Waals surface area contributed by atoms with E-state index in [4.69, 9.17) is 33.3 Å². The normalized spacial score (nSPS) is 14.6. The molecule has 0 bridgehead atoms. The van der Waals surface area contributed by atoms with Gasteiger partial charge in [-0.3, -0.25) is 5.43 Å². The van der Waals surface area contributed by atoms with E-state index >= 15 is 0 Å². The minimum Gasteiger partial charge on any atom is -0.493 e. The van der Waals surface area contributed by atoms with Gasteiger partial charge >= 0.3 is 0 Å². The minimum atomic E-state index is 0.410. The van der Waals surface area contributed by atoms with Crippen LogP contribution < -0.4 is 20.2 Å². The molecule has 1 aliphatic rings. The highest BCUT2D eigenvalue weighted by Crippen LogP contribution is 2.28. The van der Waals surface area contributed by atoms with Crippen LogP contribution in [-0.2, 0) is 6.61 Å². The van der Waals surface area contributed by atoms with Crippen LogP contribution in [0.5, 0.6) is 11.5 Å². The van der Waals surface area contributed by atoms with Gasteiger partial charge in [-0.25, -0.2) is 0 Å². The molecule has 154 valence electrons. The van der Waals surface area contributed by atoms with Crippen LogP contribution >= 0.6 is 23.8 Å². The Morgan fingerprint density at radius 2 is 2.00 bits per heavy atom. The number of halogens is 1. The highest BCUT2D eigenvalue weighted by atomic mass is 35.5. The smallest absolute Gasteiger partial charge is 0.187 e. The molecule has 1 aliphatic carbocycles. The molecule has 0 saturated heterocycles. The molecule has 0 aliphatic heterocycles. The Bertz CT molecular complexity index is 854. The number of nitrogens with zero attached hydrogens (tertiary/aromatic N) is 1. The average Bonchev–Trinajstić information content (AvgIpc) is 2.73. The van der Waals surface area contributed by atoms with Crippen LogP contribution in [0.25, 0.3) is 0 Å². The summed E-state index contributed by atoms with van der Waals surface area (Å²) in [5.41, 5.74) is 4.76. The lowest BCUT2D eigenvalue weighted by Crippen LogP contribution is -2.40. The lowest BCUT2D eigenvalue weighted by atomic mass is 9.96. The second kappa shape index (κ2) is 11.0. The van der Waals surface area contributed by atoms with Gasteiger partial charge in [0.15, 0.2) is 16.6 Å². The van der Waals surface area contributed by atoms with Crippen molar-refractivity contribution in [3.63, 3.8) is 0 Å². The van der Waals surface area contributed by atoms with Crippen molar-refractivity contribution >= 4 is 35.1 Å². The van der Waals surface area contributed by atoms with Crippen molar-refractivity contribution in [1.82, 2.24) is 10.7 Å². The largest absolute Gasteiger partial charge is 0.493 e. The first-order valence-corrected chi connectivity index (χ1v) is 10.6. The number of hydrogen-bond acceptors (Lipinski definition) is 4. The molecule has 2 N–H and O–H groups in total. The third-order valence-corrected chi connectivity index (χ3v) is 5.24. The van der Waals surface area contributed by atoms with Gasteiger partial charge in [0, 0.05) is 11.1 Å². The van der Waals surface area contributed by atoms with Crippen molar-refractivity contribution in [2.75, 3.05) is 7.11 Å². The van der Waals surface area contributed by atoms with Crippen molar-refractivity contribution in [2.45, 2.75) is 44.8 Å². The van der Waals surface area contributed by atoms with E-state index in [1.165, 1.54) is 32.1 Å². The van der Waals surface area contributed by atoms with Crippen LogP contribution in [0.15, 0.2) is 47.6 Å². The van der Waals surface area contributed by atoms with E-state index in [0.29, 0.717) is 34.3 Å². The fourth-order valence-corrected chi connectivity index (χ4v) is 3.73. The number of benzene rings is 2. The standard InChI is InChI=1S/C22H26ClN3O2S/c1-27-21-13-16(14-24-26-22(29)25-19-8-3-2-4-9-19)10-11-20(21)28-15-17-6-5-7-18(23)12-17/h5-7,10-14,19H,2-4,8-9,15H2,1H3,(H2,25,26,29)/b24-14+. The van der Waals surface area contributed by atoms with Gasteiger partial charge in [-0.05, 0) is 66.5 Å². The van der Waals surface area contributed by atoms with Crippen LogP contribution in [-0.4, -0.2) is 24.5 Å². The summed E-state index contributed by atoms with van der Waals surface area (Å²) in [6.07, 6.45) is 7.87. The number of hydrogen-bond donors (Lipinski definition) is 2. The van der Waals surface area contributed by atoms with Crippen molar-refractivity contribution in [3.8, 4) is 11.5 Å². The number of nitrogens with one attached hydrogen (secondary N) is 2. The Balaban J connectivity index is 1.53. The number of hydrazone groups is 1. The molecule has 0 atom stereocenters. The van der Waals surface area contributed by atoms with Gasteiger partial charge in [0.1, 0.15) is 6.61 Å². The Kier molecular flexibility index (Phi) is 8.14. The van der Waals surface area contributed by atoms with Crippen molar-refractivity contribution in [1.29, 1.82) is 0 Å². The van der Waals surface area contributed by atoms with E-state index in [1.54, 1.807) is 13.3 Å². The summed E-state index contributed by atoms with van der Waals surface area (Å²) in [4.78, 5) is 0. The molecular weight excluding hydrogens is 406 g/mol. The van der Waals surface area contributed by atoms with Gasteiger partial charge in [-0.1, -0.05) is 43.0 Å². The summed E-state index contributed by atoms with van der Waals surface area (Å²) in [5.74, 6) is 1.30. The maximum absolute atomic E-state index is 6.02. The van der Waals surface area contributed by atoms with E-state index < -0.39 is 0 Å². The predicted octanol–water partition coefficient (Wildman–Crippen LogP) is 5.06. The fraction of sp³-hybridized carbons (Fsp3) is 0.364. The Labute approximate surface area is 182 Å². The van der Waals surface area contributed by atoms with Crippen molar-refractivity contribution < 1.29 is 9.47 Å². The van der Waals surface area contributed by atoms with Gasteiger partial charge in [0.25, 0.3) is 0 Å². The first kappa shape index (κ1) is 21.4. The molecule has 2 aromatic rings. The summed E-state index contributed by atoms with van der Waals surface area (Å²) < 4.78 is 11.3. The topological polar surface area (TPSA) is 54.9 Å². The third-order valence-electron chi connectivity index (χ3n) is 4.79. The van der Waals surface area contributed by atoms with Crippen LogP contribution in [0.1, 0.15) is 43.2 Å². The molecule has 0 aromatic heterocycles. The first-order valence-electron chi connectivity index (χ1n) is 9.79. The molecule has 5 nitrogen and oxygen atoms in total. The van der Waals surface area contributed by atoms with Crippen LogP contribution in [0.2, 0.25) is 5.02 Å². The predicted molar refractivity (Wildman–Crippen MR) is 122 cm³/mol. The second-order valence-corrected chi connectivity index (χ2v) is 7.85. The molecule has 0 spiro atoms. The van der Waals surface area contributed by atoms with E-state index in [9.17, 15) is 0 Å². The summed E-state index contributed by atoms with van der Waals surface area (Å²) in [7, 11) is 1.62. The zero-order chi connectivity index (χ0) is 20.5. The van der Waals surface area contributed by atoms with Crippen LogP contribution in [0.3, 0.4) is 0 Å². The summed E-state index contributed by atoms with van der Waals surface area (Å²) in [5, 5.41) is 8.80. The molecule has 1 saturated carbocycles. The minimum absolute atomic E-state index is 0.410. The highest BCUT2D eigenvalue weighted by molar-refractivity contribution is 7.80. The Morgan fingerprint density at radius 3 is 2.76 bits per heavy atom. The lowest BCUT2D eigenvalue weighted by Gasteiger charge is -2.23. The molecular formula is C22H26ClN3O2S. The fourth-order valence-electron chi connectivity index (χ4n) is 3.30. The Hall–Kier alpha value is -2.31. The molecule has 0 amide bonds. The van der Waals surface area contributed by atoms with Gasteiger partial charge in [0.2, 0.25) is 0 Å². The summed E-state index contributed by atoms with van der Waals surface area (Å²) >= 11 is 11.3. The van der Waals surface area contributed by atoms with Gasteiger partial charge in [-0.2, -0.15) is 5.10 Å². The average molecular weight is 432 g/mol. The molecule has 29 heavy (non-hydrogen) atoms. The van der Waals surface area contributed by atoms with Crippen LogP contribution in [0.4, 0.5) is 0 Å². The Morgan fingerprint density at radius 1 is 1.17 bits per heavy atom. The molecule has 2 aromatic carbocycles. The second-order valence-electron chi connectivity index (χ2n) is 7.01. The van der Waals surface area contributed by atoms with E-state index in [-0.39, 0.29) is 0 Å². The maximum atomic E-state index is 6.02. The van der Waals surface area contributed by atoms with Gasteiger partial charge in [-0.15, -0.1) is 0 Å². The zero-order valence-corrected chi connectivity index (χ0v) is 18.1. The zero-order valence-electron chi connectivity index (χ0n) is 16.5. The van der Waals surface area contributed by atoms with E-state index in [0.717, 1.165) is 11.1 Å². The monoisotopic (exact) mass is 431 g/mol. The van der Waals surface area contributed by atoms with E-state index in [1.807, 2.05) is 42.5 Å². The maximum Gasteiger partial charge on any atom is 0.187 e. The summed E-state index contributed by atoms with van der Waals surface area (Å²) in [6, 6.07) is 13.7. The molecule has 0 unspecified atom stereocenters.